The summed E-state index contributed by atoms with van der Waals surface area (Å²) < 4.78 is 5.34. The molecule has 12 heteroatoms. The van der Waals surface area contributed by atoms with E-state index in [4.69, 9.17) is 10.5 Å². The zero-order chi connectivity index (χ0) is 32.5. The predicted octanol–water partition coefficient (Wildman–Crippen LogP) is 3.20. The van der Waals surface area contributed by atoms with Crippen LogP contribution < -0.4 is 21.7 Å². The third kappa shape index (κ3) is 13.6. The van der Waals surface area contributed by atoms with Gasteiger partial charge in [0.2, 0.25) is 17.6 Å². The van der Waals surface area contributed by atoms with Gasteiger partial charge in [0.1, 0.15) is 24.7 Å². The van der Waals surface area contributed by atoms with Crippen LogP contribution in [0, 0.1) is 16.7 Å². The fourth-order valence-corrected chi connectivity index (χ4v) is 5.04. The lowest BCUT2D eigenvalue weighted by molar-refractivity contribution is -0.147. The summed E-state index contributed by atoms with van der Waals surface area (Å²) >= 11 is 0. The number of carbonyl (C=O) groups excluding carboxylic acids is 6. The Bertz CT molecular complexity index is 1020. The number of nitrogens with one attached hydrogen (secondary N) is 3. The van der Waals surface area contributed by atoms with E-state index in [-0.39, 0.29) is 26.0 Å². The summed E-state index contributed by atoms with van der Waals surface area (Å²) in [7, 11) is 0. The highest BCUT2D eigenvalue weighted by molar-refractivity contribution is 6.37. The van der Waals surface area contributed by atoms with Gasteiger partial charge in [0.05, 0.1) is 6.04 Å². The second-order valence-corrected chi connectivity index (χ2v) is 14.7. The molecule has 5 N–H and O–H groups in total. The van der Waals surface area contributed by atoms with Crippen molar-refractivity contribution in [3.8, 4) is 0 Å². The van der Waals surface area contributed by atoms with Crippen LogP contribution in [0.3, 0.4) is 0 Å². The third-order valence-electron chi connectivity index (χ3n) is 7.36. The maximum Gasteiger partial charge on any atom is 0.325 e. The molecule has 1 heterocycles. The van der Waals surface area contributed by atoms with Gasteiger partial charge in [0.25, 0.3) is 5.91 Å². The van der Waals surface area contributed by atoms with Crippen molar-refractivity contribution in [1.29, 1.82) is 0 Å². The molecule has 3 fully saturated rings. The van der Waals surface area contributed by atoms with Crippen molar-refractivity contribution in [2.45, 2.75) is 138 Å². The summed E-state index contributed by atoms with van der Waals surface area (Å²) in [6.07, 6.45) is 6.69. The second kappa shape index (κ2) is 16.8. The smallest absolute Gasteiger partial charge is 0.325 e. The van der Waals surface area contributed by atoms with Crippen molar-refractivity contribution in [1.82, 2.24) is 20.9 Å². The Balaban J connectivity index is 0.00000149. The van der Waals surface area contributed by atoms with Gasteiger partial charge in [-0.1, -0.05) is 68.7 Å². The minimum Gasteiger partial charge on any atom is -0.461 e. The maximum atomic E-state index is 13.6. The van der Waals surface area contributed by atoms with Gasteiger partial charge < -0.3 is 31.3 Å². The van der Waals surface area contributed by atoms with Crippen LogP contribution in [0.4, 0.5) is 4.79 Å². The molecule has 3 rings (SSSR count). The Morgan fingerprint density at radius 2 is 1.43 bits per heavy atom. The van der Waals surface area contributed by atoms with Crippen molar-refractivity contribution in [2.24, 2.45) is 22.5 Å². The first kappa shape index (κ1) is 38.8. The number of amides is 5. The Morgan fingerprint density at radius 1 is 0.864 bits per heavy atom. The number of esters is 1. The number of rotatable bonds is 11. The quantitative estimate of drug-likeness (QED) is 0.202. The van der Waals surface area contributed by atoms with E-state index >= 15 is 0 Å². The minimum absolute atomic E-state index is 0. The predicted molar refractivity (Wildman–Crippen MR) is 168 cm³/mol. The first-order valence-electron chi connectivity index (χ1n) is 15.5. The molecule has 3 aliphatic rings. The van der Waals surface area contributed by atoms with Crippen LogP contribution >= 0.6 is 0 Å². The van der Waals surface area contributed by atoms with E-state index in [0.29, 0.717) is 31.2 Å². The number of likely N-dealkylation sites (tertiary alicyclic amines) is 1. The lowest BCUT2D eigenvalue weighted by Crippen LogP contribution is -2.60. The third-order valence-corrected chi connectivity index (χ3v) is 7.36. The van der Waals surface area contributed by atoms with Gasteiger partial charge in [-0.15, -0.1) is 0 Å². The van der Waals surface area contributed by atoms with Crippen LogP contribution in [-0.2, 0) is 28.7 Å². The molecule has 0 radical (unpaired) electrons. The van der Waals surface area contributed by atoms with Gasteiger partial charge in [-0.25, -0.2) is 4.79 Å². The number of hydrogen-bond acceptors (Lipinski definition) is 7. The Morgan fingerprint density at radius 3 is 1.93 bits per heavy atom. The SMILES string of the molecule is C.CC(C)(C)C.CC(C)(C)C(NC(=O)NCC(=O)OC1CCCC1)C(=O)N1CCC[C@H]1C(=O)NC(CC1CC1)C(=O)C(N)=O. The molecule has 0 aromatic rings. The molecular weight excluding hydrogens is 566 g/mol. The Hall–Kier alpha value is -3.18. The monoisotopic (exact) mass is 623 g/mol. The molecule has 5 amide bonds. The molecule has 0 spiro atoms. The van der Waals surface area contributed by atoms with Gasteiger partial charge in [-0.05, 0) is 61.7 Å². The normalized spacial score (nSPS) is 19.8. The van der Waals surface area contributed by atoms with Crippen LogP contribution in [0.1, 0.15) is 114 Å². The fourth-order valence-electron chi connectivity index (χ4n) is 5.04. The second-order valence-electron chi connectivity index (χ2n) is 14.7. The van der Waals surface area contributed by atoms with E-state index < -0.39 is 59.0 Å². The van der Waals surface area contributed by atoms with E-state index in [1.54, 1.807) is 20.8 Å². The highest BCUT2D eigenvalue weighted by Gasteiger charge is 2.43. The summed E-state index contributed by atoms with van der Waals surface area (Å²) in [4.78, 5) is 76.6. The molecule has 0 aromatic carbocycles. The number of Topliss-reactive ketones (excluding diaryl/α,β-unsaturated/α-hetero) is 1. The number of urea groups is 1. The number of primary amides is 1. The Labute approximate surface area is 263 Å². The molecule has 2 saturated carbocycles. The highest BCUT2D eigenvalue weighted by Crippen LogP contribution is 2.34. The Kier molecular flexibility index (Phi) is 14.8. The molecule has 3 atom stereocenters. The molecule has 0 bridgehead atoms. The summed E-state index contributed by atoms with van der Waals surface area (Å²) in [5.74, 6) is -3.20. The molecule has 2 unspecified atom stereocenters. The molecule has 1 aliphatic heterocycles. The summed E-state index contributed by atoms with van der Waals surface area (Å²) in [5.41, 5.74) is 4.97. The molecule has 44 heavy (non-hydrogen) atoms. The topological polar surface area (TPSA) is 177 Å². The minimum atomic E-state index is -1.11. The standard InChI is InChI=1S/C26H41N5O7.C5H12.CH4/c1-26(2,3)21(30-25(37)28-14-19(32)38-16-7-4-5-8-16)24(36)31-12-6-9-18(31)23(35)29-17(13-15-10-11-15)20(33)22(27)34;1-5(2,3)4;/h15-18,21H,4-14H2,1-3H3,(H2,27,34)(H,29,35)(H2,28,30,37);1-4H3;1H4/t17?,18-,21?;;/m0../s1. The molecule has 1 saturated heterocycles. The maximum absolute atomic E-state index is 13.6. The van der Waals surface area contributed by atoms with Crippen LogP contribution in [0.25, 0.3) is 0 Å². The van der Waals surface area contributed by atoms with Crippen molar-refractivity contribution >= 4 is 35.5 Å². The zero-order valence-electron chi connectivity index (χ0n) is 27.0. The van der Waals surface area contributed by atoms with Crippen molar-refractivity contribution < 1.29 is 33.5 Å². The number of ketones is 1. The number of hydrogen-bond donors (Lipinski definition) is 4. The van der Waals surface area contributed by atoms with Crippen LogP contribution in [0.15, 0.2) is 0 Å². The van der Waals surface area contributed by atoms with Crippen molar-refractivity contribution in [3.63, 3.8) is 0 Å². The largest absolute Gasteiger partial charge is 0.461 e. The van der Waals surface area contributed by atoms with E-state index in [1.807, 2.05) is 0 Å². The van der Waals surface area contributed by atoms with Crippen LogP contribution in [-0.4, -0.2) is 77.7 Å². The van der Waals surface area contributed by atoms with Crippen molar-refractivity contribution in [3.05, 3.63) is 0 Å². The number of carbonyl (C=O) groups is 6. The number of nitrogens with zero attached hydrogens (tertiary/aromatic N) is 1. The molecule has 0 aromatic heterocycles. The van der Waals surface area contributed by atoms with Crippen molar-refractivity contribution in [2.75, 3.05) is 13.1 Å². The summed E-state index contributed by atoms with van der Waals surface area (Å²) in [6.45, 7) is 14.1. The lowest BCUT2D eigenvalue weighted by atomic mass is 9.85. The molecule has 252 valence electrons. The van der Waals surface area contributed by atoms with Gasteiger partial charge >= 0.3 is 12.0 Å². The zero-order valence-corrected chi connectivity index (χ0v) is 27.0. The lowest BCUT2D eigenvalue weighted by Gasteiger charge is -2.35. The van der Waals surface area contributed by atoms with Crippen LogP contribution in [0.2, 0.25) is 0 Å². The van der Waals surface area contributed by atoms with E-state index in [9.17, 15) is 28.8 Å². The fraction of sp³-hybridized carbons (Fsp3) is 0.812. The average Bonchev–Trinajstić information content (AvgIpc) is 3.32. The van der Waals surface area contributed by atoms with E-state index in [1.165, 1.54) is 4.90 Å². The first-order chi connectivity index (χ1) is 19.9. The molecule has 12 nitrogen and oxygen atoms in total. The average molecular weight is 624 g/mol. The van der Waals surface area contributed by atoms with Gasteiger partial charge in [-0.2, -0.15) is 0 Å². The van der Waals surface area contributed by atoms with Gasteiger partial charge in [0, 0.05) is 6.54 Å². The van der Waals surface area contributed by atoms with Gasteiger partial charge in [0.15, 0.2) is 0 Å². The molecule has 2 aliphatic carbocycles. The summed E-state index contributed by atoms with van der Waals surface area (Å²) in [5, 5.41) is 7.75. The number of ether oxygens (including phenoxy) is 1. The molecular formula is C32H57N5O7. The van der Waals surface area contributed by atoms with E-state index in [0.717, 1.165) is 38.5 Å². The highest BCUT2D eigenvalue weighted by atomic mass is 16.5. The summed E-state index contributed by atoms with van der Waals surface area (Å²) in [6, 6.07) is -3.55. The first-order valence-corrected chi connectivity index (χ1v) is 15.5. The van der Waals surface area contributed by atoms with Crippen LogP contribution in [0.5, 0.6) is 0 Å². The number of nitrogens with two attached hydrogens (primary N) is 1. The van der Waals surface area contributed by atoms with E-state index in [2.05, 4.69) is 43.6 Å². The van der Waals surface area contributed by atoms with Gasteiger partial charge in [-0.3, -0.25) is 24.0 Å².